The van der Waals surface area contributed by atoms with Crippen molar-refractivity contribution < 1.29 is 4.74 Å². The lowest BCUT2D eigenvalue weighted by Gasteiger charge is -2.40. The van der Waals surface area contributed by atoms with E-state index in [0.717, 1.165) is 25.6 Å². The van der Waals surface area contributed by atoms with Crippen LogP contribution in [-0.2, 0) is 4.74 Å². The zero-order valence-electron chi connectivity index (χ0n) is 9.51. The Morgan fingerprint density at radius 1 is 1.36 bits per heavy atom. The Morgan fingerprint density at radius 3 is 2.86 bits per heavy atom. The van der Waals surface area contributed by atoms with E-state index in [-0.39, 0.29) is 0 Å². The molecule has 82 valence electrons. The van der Waals surface area contributed by atoms with Crippen molar-refractivity contribution in [2.24, 2.45) is 11.3 Å². The van der Waals surface area contributed by atoms with Crippen molar-refractivity contribution in [3.63, 3.8) is 0 Å². The monoisotopic (exact) mass is 197 g/mol. The van der Waals surface area contributed by atoms with Crippen molar-refractivity contribution in [2.45, 2.75) is 45.6 Å². The Labute approximate surface area is 87.4 Å². The molecule has 0 bridgehead atoms. The maximum Gasteiger partial charge on any atom is 0.0728 e. The number of hydrogen-bond acceptors (Lipinski definition) is 2. The lowest BCUT2D eigenvalue weighted by atomic mass is 9.70. The van der Waals surface area contributed by atoms with Gasteiger partial charge in [0, 0.05) is 13.1 Å². The minimum absolute atomic E-state index is 0.489. The summed E-state index contributed by atoms with van der Waals surface area (Å²) < 4.78 is 5.85. The summed E-state index contributed by atoms with van der Waals surface area (Å²) in [5.74, 6) is 0.798. The van der Waals surface area contributed by atoms with E-state index in [4.69, 9.17) is 4.74 Å². The Kier molecular flexibility index (Phi) is 3.13. The summed E-state index contributed by atoms with van der Waals surface area (Å²) in [6.07, 6.45) is 5.99. The molecule has 0 aromatic rings. The molecule has 2 rings (SSSR count). The number of hydrogen-bond donors (Lipinski definition) is 1. The molecule has 1 heterocycles. The van der Waals surface area contributed by atoms with Gasteiger partial charge >= 0.3 is 0 Å². The Balaban J connectivity index is 1.89. The molecule has 0 amide bonds. The summed E-state index contributed by atoms with van der Waals surface area (Å²) >= 11 is 0. The SMILES string of the molecule is CC1(C)CCCC(C2CNCCO2)C1. The number of rotatable bonds is 1. The van der Waals surface area contributed by atoms with Crippen LogP contribution in [0, 0.1) is 11.3 Å². The van der Waals surface area contributed by atoms with Crippen molar-refractivity contribution in [1.82, 2.24) is 5.32 Å². The van der Waals surface area contributed by atoms with Gasteiger partial charge in [0.2, 0.25) is 0 Å². The average molecular weight is 197 g/mol. The Bertz CT molecular complexity index is 185. The number of nitrogens with one attached hydrogen (secondary N) is 1. The second kappa shape index (κ2) is 4.19. The van der Waals surface area contributed by atoms with E-state index in [1.54, 1.807) is 0 Å². The first-order valence-electron chi connectivity index (χ1n) is 6.00. The molecular formula is C12H23NO. The molecule has 2 heteroatoms. The van der Waals surface area contributed by atoms with Crippen molar-refractivity contribution in [1.29, 1.82) is 0 Å². The van der Waals surface area contributed by atoms with Crippen molar-refractivity contribution in [2.75, 3.05) is 19.7 Å². The number of morpholine rings is 1. The molecule has 0 aromatic carbocycles. The first-order valence-corrected chi connectivity index (χ1v) is 6.00. The van der Waals surface area contributed by atoms with Crippen LogP contribution in [0.15, 0.2) is 0 Å². The first-order chi connectivity index (χ1) is 6.67. The fourth-order valence-corrected chi connectivity index (χ4v) is 2.96. The van der Waals surface area contributed by atoms with Gasteiger partial charge in [-0.2, -0.15) is 0 Å². The van der Waals surface area contributed by atoms with E-state index in [1.807, 2.05) is 0 Å². The van der Waals surface area contributed by atoms with Crippen LogP contribution >= 0.6 is 0 Å². The third-order valence-electron chi connectivity index (χ3n) is 3.73. The zero-order chi connectivity index (χ0) is 10.0. The van der Waals surface area contributed by atoms with Gasteiger partial charge in [0.1, 0.15) is 0 Å². The molecule has 0 radical (unpaired) electrons. The van der Waals surface area contributed by atoms with Gasteiger partial charge in [-0.1, -0.05) is 20.3 Å². The fraction of sp³-hybridized carbons (Fsp3) is 1.00. The van der Waals surface area contributed by atoms with E-state index in [0.29, 0.717) is 11.5 Å². The quantitative estimate of drug-likeness (QED) is 0.696. The maximum atomic E-state index is 5.85. The smallest absolute Gasteiger partial charge is 0.0728 e. The highest BCUT2D eigenvalue weighted by atomic mass is 16.5. The minimum Gasteiger partial charge on any atom is -0.375 e. The van der Waals surface area contributed by atoms with Crippen LogP contribution < -0.4 is 5.32 Å². The third kappa shape index (κ3) is 2.48. The predicted molar refractivity (Wildman–Crippen MR) is 58.3 cm³/mol. The summed E-state index contributed by atoms with van der Waals surface area (Å²) in [6.45, 7) is 7.81. The van der Waals surface area contributed by atoms with Crippen LogP contribution in [0.3, 0.4) is 0 Å². The van der Waals surface area contributed by atoms with Crippen LogP contribution in [0.1, 0.15) is 39.5 Å². The van der Waals surface area contributed by atoms with Gasteiger partial charge in [-0.15, -0.1) is 0 Å². The van der Waals surface area contributed by atoms with Gasteiger partial charge in [0.05, 0.1) is 12.7 Å². The number of ether oxygens (including phenoxy) is 1. The molecule has 1 aliphatic carbocycles. The average Bonchev–Trinajstić information content (AvgIpc) is 2.18. The molecule has 2 nitrogen and oxygen atoms in total. The van der Waals surface area contributed by atoms with Gasteiger partial charge in [-0.25, -0.2) is 0 Å². The highest BCUT2D eigenvalue weighted by Gasteiger charge is 2.33. The van der Waals surface area contributed by atoms with Crippen molar-refractivity contribution in [3.8, 4) is 0 Å². The normalized spacial score (nSPS) is 38.1. The van der Waals surface area contributed by atoms with Gasteiger partial charge in [-0.3, -0.25) is 0 Å². The van der Waals surface area contributed by atoms with E-state index in [1.165, 1.54) is 25.7 Å². The zero-order valence-corrected chi connectivity index (χ0v) is 9.51. The molecule has 2 atom stereocenters. The van der Waals surface area contributed by atoms with E-state index < -0.39 is 0 Å². The second-order valence-corrected chi connectivity index (χ2v) is 5.63. The van der Waals surface area contributed by atoms with E-state index in [2.05, 4.69) is 19.2 Å². The van der Waals surface area contributed by atoms with E-state index >= 15 is 0 Å². The lowest BCUT2D eigenvalue weighted by molar-refractivity contribution is -0.0342. The standard InChI is InChI=1S/C12H23NO/c1-12(2)5-3-4-10(8-12)11-9-13-6-7-14-11/h10-11,13H,3-9H2,1-2H3. The molecule has 1 saturated heterocycles. The van der Waals surface area contributed by atoms with Gasteiger partial charge in [0.15, 0.2) is 0 Å². The van der Waals surface area contributed by atoms with Crippen LogP contribution in [-0.4, -0.2) is 25.8 Å². The molecule has 2 unspecified atom stereocenters. The third-order valence-corrected chi connectivity index (χ3v) is 3.73. The Morgan fingerprint density at radius 2 is 2.21 bits per heavy atom. The molecule has 0 aromatic heterocycles. The summed E-state index contributed by atoms with van der Waals surface area (Å²) in [7, 11) is 0. The molecule has 14 heavy (non-hydrogen) atoms. The van der Waals surface area contributed by atoms with Gasteiger partial charge in [0.25, 0.3) is 0 Å². The summed E-state index contributed by atoms with van der Waals surface area (Å²) in [5.41, 5.74) is 0.545. The minimum atomic E-state index is 0.489. The fourth-order valence-electron chi connectivity index (χ4n) is 2.96. The predicted octanol–water partition coefficient (Wildman–Crippen LogP) is 2.19. The molecule has 2 aliphatic rings. The first kappa shape index (κ1) is 10.4. The van der Waals surface area contributed by atoms with Crippen LogP contribution in [0.2, 0.25) is 0 Å². The molecule has 0 spiro atoms. The van der Waals surface area contributed by atoms with Gasteiger partial charge < -0.3 is 10.1 Å². The summed E-state index contributed by atoms with van der Waals surface area (Å²) in [5, 5.41) is 3.43. The largest absolute Gasteiger partial charge is 0.375 e. The molecule has 2 fully saturated rings. The van der Waals surface area contributed by atoms with Crippen LogP contribution in [0.25, 0.3) is 0 Å². The lowest BCUT2D eigenvalue weighted by Crippen LogP contribution is -2.44. The second-order valence-electron chi connectivity index (χ2n) is 5.63. The molecule has 1 N–H and O–H groups in total. The summed E-state index contributed by atoms with van der Waals surface area (Å²) in [6, 6.07) is 0. The maximum absolute atomic E-state index is 5.85. The topological polar surface area (TPSA) is 21.3 Å². The van der Waals surface area contributed by atoms with Crippen LogP contribution in [0.4, 0.5) is 0 Å². The van der Waals surface area contributed by atoms with Crippen LogP contribution in [0.5, 0.6) is 0 Å². The Hall–Kier alpha value is -0.0800. The summed E-state index contributed by atoms with van der Waals surface area (Å²) in [4.78, 5) is 0. The van der Waals surface area contributed by atoms with E-state index in [9.17, 15) is 0 Å². The molecular weight excluding hydrogens is 174 g/mol. The highest BCUT2D eigenvalue weighted by molar-refractivity contribution is 4.85. The molecule has 1 saturated carbocycles. The van der Waals surface area contributed by atoms with Crippen molar-refractivity contribution in [3.05, 3.63) is 0 Å². The highest BCUT2D eigenvalue weighted by Crippen LogP contribution is 2.40. The molecule has 1 aliphatic heterocycles. The van der Waals surface area contributed by atoms with Gasteiger partial charge in [-0.05, 0) is 30.6 Å². The van der Waals surface area contributed by atoms with Crippen molar-refractivity contribution >= 4 is 0 Å².